The lowest BCUT2D eigenvalue weighted by Gasteiger charge is -2.28. The molecule has 1 aliphatic rings. The van der Waals surface area contributed by atoms with Gasteiger partial charge in [0.05, 0.1) is 25.9 Å². The molecule has 0 amide bonds. The summed E-state index contributed by atoms with van der Waals surface area (Å²) in [4.78, 5) is 17.6. The molecule has 0 aliphatic carbocycles. The number of methoxy groups -OCH3 is 1. The summed E-state index contributed by atoms with van der Waals surface area (Å²) in [6.07, 6.45) is 0.787. The summed E-state index contributed by atoms with van der Waals surface area (Å²) in [6.45, 7) is 6.49. The Balaban J connectivity index is 1.66. The Morgan fingerprint density at radius 1 is 1.14 bits per heavy atom. The molecule has 1 aromatic heterocycles. The second-order valence-electron chi connectivity index (χ2n) is 7.88. The monoisotopic (exact) mass is 494 g/mol. The van der Waals surface area contributed by atoms with Gasteiger partial charge in [0.2, 0.25) is 11.1 Å². The van der Waals surface area contributed by atoms with Crippen molar-refractivity contribution in [3.63, 3.8) is 0 Å². The van der Waals surface area contributed by atoms with Gasteiger partial charge in [-0.15, -0.1) is 5.10 Å². The molecule has 1 aliphatic heterocycles. The maximum absolute atomic E-state index is 13.0. The van der Waals surface area contributed by atoms with Crippen LogP contribution in [0.4, 0.5) is 5.95 Å². The van der Waals surface area contributed by atoms with Crippen LogP contribution in [0.1, 0.15) is 37.9 Å². The SMILES string of the molecule is CCOC(=O)C1=C(C)Nc2nc(SCC)nn2C1c1ccc(OCCc2ccccc2)c(OC)c1. The predicted octanol–water partition coefficient (Wildman–Crippen LogP) is 4.87. The van der Waals surface area contributed by atoms with Crippen molar-refractivity contribution < 1.29 is 19.0 Å². The van der Waals surface area contributed by atoms with Crippen molar-refractivity contribution in [2.75, 3.05) is 31.4 Å². The van der Waals surface area contributed by atoms with E-state index < -0.39 is 12.0 Å². The van der Waals surface area contributed by atoms with Crippen LogP contribution in [0.5, 0.6) is 11.5 Å². The van der Waals surface area contributed by atoms with Gasteiger partial charge in [-0.05, 0) is 42.9 Å². The van der Waals surface area contributed by atoms with Crippen molar-refractivity contribution in [2.45, 2.75) is 38.4 Å². The molecule has 2 aromatic carbocycles. The van der Waals surface area contributed by atoms with Gasteiger partial charge in [0.25, 0.3) is 0 Å². The molecule has 184 valence electrons. The highest BCUT2D eigenvalue weighted by Crippen LogP contribution is 2.39. The van der Waals surface area contributed by atoms with Gasteiger partial charge >= 0.3 is 5.97 Å². The molecule has 0 bridgehead atoms. The first-order valence-electron chi connectivity index (χ1n) is 11.6. The minimum atomic E-state index is -0.517. The molecule has 1 atom stereocenters. The summed E-state index contributed by atoms with van der Waals surface area (Å²) in [5.74, 6) is 2.25. The van der Waals surface area contributed by atoms with E-state index in [0.717, 1.165) is 17.7 Å². The Hall–Kier alpha value is -3.46. The molecule has 1 unspecified atom stereocenters. The molecule has 4 rings (SSSR count). The van der Waals surface area contributed by atoms with E-state index >= 15 is 0 Å². The number of aromatic nitrogens is 3. The quantitative estimate of drug-likeness (QED) is 0.315. The molecule has 9 heteroatoms. The Morgan fingerprint density at radius 3 is 2.66 bits per heavy atom. The van der Waals surface area contributed by atoms with Crippen LogP contribution in [-0.4, -0.2) is 46.8 Å². The summed E-state index contributed by atoms with van der Waals surface area (Å²) in [6, 6.07) is 15.4. The van der Waals surface area contributed by atoms with Crippen LogP contribution in [-0.2, 0) is 16.0 Å². The average molecular weight is 495 g/mol. The molecule has 0 spiro atoms. The summed E-state index contributed by atoms with van der Waals surface area (Å²) in [7, 11) is 1.61. The van der Waals surface area contributed by atoms with E-state index in [1.165, 1.54) is 5.56 Å². The minimum absolute atomic E-state index is 0.279. The van der Waals surface area contributed by atoms with Crippen molar-refractivity contribution in [1.29, 1.82) is 0 Å². The number of hydrogen-bond acceptors (Lipinski definition) is 8. The number of esters is 1. The Morgan fingerprint density at radius 2 is 1.94 bits per heavy atom. The lowest BCUT2D eigenvalue weighted by molar-refractivity contribution is -0.139. The Bertz CT molecular complexity index is 1210. The third-order valence-electron chi connectivity index (χ3n) is 5.60. The first kappa shape index (κ1) is 24.7. The van der Waals surface area contributed by atoms with Gasteiger partial charge < -0.3 is 19.5 Å². The summed E-state index contributed by atoms with van der Waals surface area (Å²) in [5, 5.41) is 8.53. The van der Waals surface area contributed by atoms with Gasteiger partial charge in [0, 0.05) is 12.1 Å². The lowest BCUT2D eigenvalue weighted by atomic mass is 9.95. The second-order valence-corrected chi connectivity index (χ2v) is 9.11. The second kappa shape index (κ2) is 11.3. The molecule has 1 N–H and O–H groups in total. The van der Waals surface area contributed by atoms with Crippen LogP contribution in [0.2, 0.25) is 0 Å². The van der Waals surface area contributed by atoms with Gasteiger partial charge in [0.15, 0.2) is 11.5 Å². The first-order valence-corrected chi connectivity index (χ1v) is 12.6. The van der Waals surface area contributed by atoms with Gasteiger partial charge in [-0.2, -0.15) is 4.98 Å². The molecular formula is C26H30N4O4S. The Kier molecular flexibility index (Phi) is 7.97. The fourth-order valence-electron chi connectivity index (χ4n) is 4.00. The number of rotatable bonds is 10. The highest BCUT2D eigenvalue weighted by atomic mass is 32.2. The number of nitrogens with zero attached hydrogens (tertiary/aromatic N) is 3. The van der Waals surface area contributed by atoms with Crippen LogP contribution in [0.15, 0.2) is 65.0 Å². The molecule has 3 aromatic rings. The van der Waals surface area contributed by atoms with Crippen LogP contribution in [0.3, 0.4) is 0 Å². The van der Waals surface area contributed by atoms with E-state index in [2.05, 4.69) is 27.5 Å². The van der Waals surface area contributed by atoms with Gasteiger partial charge in [-0.1, -0.05) is 55.1 Å². The summed E-state index contributed by atoms with van der Waals surface area (Å²) in [5.41, 5.74) is 3.19. The fraction of sp³-hybridized carbons (Fsp3) is 0.346. The number of nitrogens with one attached hydrogen (secondary N) is 1. The third-order valence-corrected chi connectivity index (χ3v) is 6.32. The normalized spacial score (nSPS) is 14.8. The molecule has 8 nitrogen and oxygen atoms in total. The number of ether oxygens (including phenoxy) is 3. The van der Waals surface area contributed by atoms with Crippen LogP contribution in [0.25, 0.3) is 0 Å². The fourth-order valence-corrected chi connectivity index (χ4v) is 4.55. The highest BCUT2D eigenvalue weighted by Gasteiger charge is 2.35. The van der Waals surface area contributed by atoms with E-state index in [9.17, 15) is 4.79 Å². The zero-order valence-corrected chi connectivity index (χ0v) is 21.2. The standard InChI is InChI=1S/C26H30N4O4S/c1-5-33-24(31)22-17(3)27-25-28-26(35-6-2)29-30(25)23(22)19-12-13-20(21(16-19)32-4)34-15-14-18-10-8-7-9-11-18/h7-13,16,23H,5-6,14-15H2,1-4H3,(H,27,28,29). The molecule has 0 radical (unpaired) electrons. The topological polar surface area (TPSA) is 87.5 Å². The number of thioether (sulfide) groups is 1. The van der Waals surface area contributed by atoms with E-state index in [1.807, 2.05) is 50.2 Å². The van der Waals surface area contributed by atoms with Crippen molar-refractivity contribution >= 4 is 23.7 Å². The Labute approximate surface area is 209 Å². The number of hydrogen-bond donors (Lipinski definition) is 1. The van der Waals surface area contributed by atoms with Crippen molar-refractivity contribution in [1.82, 2.24) is 14.8 Å². The smallest absolute Gasteiger partial charge is 0.338 e. The molecule has 0 saturated heterocycles. The molecule has 2 heterocycles. The van der Waals surface area contributed by atoms with Crippen LogP contribution >= 0.6 is 11.8 Å². The number of carbonyl (C=O) groups excluding carboxylic acids is 1. The van der Waals surface area contributed by atoms with E-state index in [1.54, 1.807) is 30.5 Å². The third kappa shape index (κ3) is 5.45. The molecule has 0 saturated carbocycles. The van der Waals surface area contributed by atoms with Crippen molar-refractivity contribution in [3.05, 3.63) is 70.9 Å². The van der Waals surface area contributed by atoms with Gasteiger partial charge in [-0.3, -0.25) is 0 Å². The zero-order valence-electron chi connectivity index (χ0n) is 20.4. The van der Waals surface area contributed by atoms with E-state index in [0.29, 0.717) is 40.5 Å². The van der Waals surface area contributed by atoms with Crippen molar-refractivity contribution in [2.24, 2.45) is 0 Å². The average Bonchev–Trinajstić information content (AvgIpc) is 3.26. The number of anilines is 1. The predicted molar refractivity (Wildman–Crippen MR) is 136 cm³/mol. The lowest BCUT2D eigenvalue weighted by Crippen LogP contribution is -2.29. The number of allylic oxidation sites excluding steroid dienone is 1. The van der Waals surface area contributed by atoms with Crippen LogP contribution in [0, 0.1) is 0 Å². The van der Waals surface area contributed by atoms with E-state index in [4.69, 9.17) is 14.2 Å². The van der Waals surface area contributed by atoms with E-state index in [-0.39, 0.29) is 6.61 Å². The summed E-state index contributed by atoms with van der Waals surface area (Å²) >= 11 is 1.54. The number of fused-ring (bicyclic) bond motifs is 1. The maximum Gasteiger partial charge on any atom is 0.338 e. The maximum atomic E-state index is 13.0. The largest absolute Gasteiger partial charge is 0.493 e. The molecule has 35 heavy (non-hydrogen) atoms. The van der Waals surface area contributed by atoms with Crippen molar-refractivity contribution in [3.8, 4) is 11.5 Å². The van der Waals surface area contributed by atoms with Crippen LogP contribution < -0.4 is 14.8 Å². The first-order chi connectivity index (χ1) is 17.0. The zero-order chi connectivity index (χ0) is 24.8. The molecule has 0 fully saturated rings. The number of carbonyl (C=O) groups is 1. The minimum Gasteiger partial charge on any atom is -0.493 e. The van der Waals surface area contributed by atoms with Gasteiger partial charge in [0.1, 0.15) is 6.04 Å². The number of benzene rings is 2. The van der Waals surface area contributed by atoms with Gasteiger partial charge in [-0.25, -0.2) is 9.48 Å². The summed E-state index contributed by atoms with van der Waals surface area (Å²) < 4.78 is 18.8. The highest BCUT2D eigenvalue weighted by molar-refractivity contribution is 7.99. The molecular weight excluding hydrogens is 464 g/mol.